The fourth-order valence-corrected chi connectivity index (χ4v) is 4.23. The van der Waals surface area contributed by atoms with Gasteiger partial charge in [-0.2, -0.15) is 9.57 Å². The molecule has 0 spiro atoms. The average molecular weight is 355 g/mol. The lowest BCUT2D eigenvalue weighted by atomic mass is 10.0. The normalized spacial score (nSPS) is 14.4. The summed E-state index contributed by atoms with van der Waals surface area (Å²) >= 11 is 0. The Labute approximate surface area is 146 Å². The summed E-state index contributed by atoms with van der Waals surface area (Å²) in [4.78, 5) is 11.6. The van der Waals surface area contributed by atoms with Crippen molar-refractivity contribution in [2.24, 2.45) is 0 Å². The molecule has 6 nitrogen and oxygen atoms in total. The van der Waals surface area contributed by atoms with Gasteiger partial charge in [-0.05, 0) is 41.8 Å². The van der Waals surface area contributed by atoms with Gasteiger partial charge in [-0.25, -0.2) is 8.42 Å². The zero-order valence-electron chi connectivity index (χ0n) is 13.5. The minimum absolute atomic E-state index is 0.185. The highest BCUT2D eigenvalue weighted by molar-refractivity contribution is 7.89. The van der Waals surface area contributed by atoms with Gasteiger partial charge in [-0.3, -0.25) is 4.79 Å². The Bertz CT molecular complexity index is 931. The van der Waals surface area contributed by atoms with Crippen molar-refractivity contribution in [3.63, 3.8) is 0 Å². The Kier molecular flexibility index (Phi) is 4.83. The molecule has 0 saturated heterocycles. The van der Waals surface area contributed by atoms with Gasteiger partial charge in [0.15, 0.2) is 0 Å². The molecule has 1 aliphatic rings. The van der Waals surface area contributed by atoms with Gasteiger partial charge < -0.3 is 5.32 Å². The molecule has 0 saturated carbocycles. The molecule has 25 heavy (non-hydrogen) atoms. The lowest BCUT2D eigenvalue weighted by Gasteiger charge is -2.28. The van der Waals surface area contributed by atoms with Crippen LogP contribution in [-0.4, -0.2) is 25.2 Å². The molecule has 1 amide bonds. The number of carbonyl (C=O) groups excluding carboxylic acids is 1. The number of nitriles is 1. The molecule has 128 valence electrons. The predicted molar refractivity (Wildman–Crippen MR) is 93.0 cm³/mol. The van der Waals surface area contributed by atoms with Crippen LogP contribution in [-0.2, 0) is 27.8 Å². The summed E-state index contributed by atoms with van der Waals surface area (Å²) in [6.45, 7) is 0.805. The number of rotatable bonds is 4. The van der Waals surface area contributed by atoms with Gasteiger partial charge in [0.05, 0.1) is 11.0 Å². The summed E-state index contributed by atoms with van der Waals surface area (Å²) < 4.78 is 27.1. The average Bonchev–Trinajstić information content (AvgIpc) is 2.62. The van der Waals surface area contributed by atoms with E-state index in [0.29, 0.717) is 25.2 Å². The molecule has 0 atom stereocenters. The number of nitrogens with zero attached hydrogens (tertiary/aromatic N) is 2. The molecule has 0 radical (unpaired) electrons. The molecular weight excluding hydrogens is 338 g/mol. The van der Waals surface area contributed by atoms with Crippen LogP contribution in [0.2, 0.25) is 0 Å². The highest BCUT2D eigenvalue weighted by atomic mass is 32.2. The number of amides is 1. The van der Waals surface area contributed by atoms with Crippen LogP contribution >= 0.6 is 0 Å². The van der Waals surface area contributed by atoms with Gasteiger partial charge in [-0.1, -0.05) is 24.3 Å². The van der Waals surface area contributed by atoms with E-state index in [-0.39, 0.29) is 11.3 Å². The third-order valence-electron chi connectivity index (χ3n) is 4.11. The Morgan fingerprint density at radius 3 is 2.48 bits per heavy atom. The van der Waals surface area contributed by atoms with Crippen LogP contribution in [0.4, 0.5) is 5.69 Å². The highest BCUT2D eigenvalue weighted by Gasteiger charge is 2.28. The summed E-state index contributed by atoms with van der Waals surface area (Å²) in [5, 5.41) is 11.0. The first-order chi connectivity index (χ1) is 12.0. The second-order valence-electron chi connectivity index (χ2n) is 5.76. The van der Waals surface area contributed by atoms with E-state index in [4.69, 9.17) is 5.26 Å². The molecule has 1 N–H and O–H groups in total. The fraction of sp³-hybridized carbons (Fsp3) is 0.222. The first-order valence-corrected chi connectivity index (χ1v) is 9.28. The number of carbonyl (C=O) groups is 1. The number of hydrogen-bond donors (Lipinski definition) is 1. The van der Waals surface area contributed by atoms with Crippen molar-refractivity contribution in [2.45, 2.75) is 24.3 Å². The molecule has 0 fully saturated rings. The number of nitrogens with one attached hydrogen (secondary N) is 1. The van der Waals surface area contributed by atoms with E-state index in [1.165, 1.54) is 34.1 Å². The van der Waals surface area contributed by atoms with E-state index in [1.54, 1.807) is 6.07 Å². The van der Waals surface area contributed by atoms with Crippen LogP contribution in [0.5, 0.6) is 0 Å². The Morgan fingerprint density at radius 2 is 1.80 bits per heavy atom. The van der Waals surface area contributed by atoms with Crippen molar-refractivity contribution < 1.29 is 13.2 Å². The van der Waals surface area contributed by atoms with Gasteiger partial charge in [0.2, 0.25) is 15.9 Å². The summed E-state index contributed by atoms with van der Waals surface area (Å²) in [6, 6.07) is 15.6. The second kappa shape index (κ2) is 7.05. The maximum Gasteiger partial charge on any atom is 0.243 e. The van der Waals surface area contributed by atoms with Gasteiger partial charge in [0, 0.05) is 18.8 Å². The van der Waals surface area contributed by atoms with Crippen LogP contribution < -0.4 is 5.32 Å². The summed E-state index contributed by atoms with van der Waals surface area (Å²) in [6.07, 6.45) is 0.449. The maximum atomic E-state index is 12.8. The summed E-state index contributed by atoms with van der Waals surface area (Å²) in [5.74, 6) is -0.425. The van der Waals surface area contributed by atoms with Crippen LogP contribution in [0.3, 0.4) is 0 Å². The third-order valence-corrected chi connectivity index (χ3v) is 5.97. The molecule has 2 aromatic carbocycles. The third kappa shape index (κ3) is 3.71. The van der Waals surface area contributed by atoms with E-state index in [1.807, 2.05) is 24.3 Å². The fourth-order valence-electron chi connectivity index (χ4n) is 2.81. The first-order valence-electron chi connectivity index (χ1n) is 7.84. The van der Waals surface area contributed by atoms with Gasteiger partial charge in [0.25, 0.3) is 0 Å². The van der Waals surface area contributed by atoms with Gasteiger partial charge >= 0.3 is 0 Å². The molecular formula is C18H17N3O3S. The van der Waals surface area contributed by atoms with Crippen LogP contribution in [0.15, 0.2) is 53.4 Å². The molecule has 1 heterocycles. The molecule has 1 aliphatic heterocycles. The second-order valence-corrected chi connectivity index (χ2v) is 7.70. The zero-order chi connectivity index (χ0) is 17.9. The lowest BCUT2D eigenvalue weighted by molar-refractivity contribution is -0.115. The molecule has 0 bridgehead atoms. The Morgan fingerprint density at radius 1 is 1.12 bits per heavy atom. The Balaban J connectivity index is 1.77. The number of sulfonamides is 1. The summed E-state index contributed by atoms with van der Waals surface area (Å²) in [7, 11) is -3.59. The maximum absolute atomic E-state index is 12.8. The topological polar surface area (TPSA) is 90.3 Å². The molecule has 0 aliphatic carbocycles. The largest absolute Gasteiger partial charge is 0.325 e. The standard InChI is InChI=1S/C18H17N3O3S/c19-11-9-18(22)20-16-5-7-17(8-6-16)25(23,24)21-12-10-14-3-1-2-4-15(14)13-21/h1-8H,9-10,12-13H2,(H,20,22). The Hall–Kier alpha value is -2.69. The van der Waals surface area contributed by atoms with Crippen molar-refractivity contribution >= 4 is 21.6 Å². The minimum atomic E-state index is -3.59. The number of anilines is 1. The van der Waals surface area contributed by atoms with Crippen LogP contribution in [0.1, 0.15) is 17.5 Å². The lowest BCUT2D eigenvalue weighted by Crippen LogP contribution is -2.35. The van der Waals surface area contributed by atoms with Crippen molar-refractivity contribution in [3.8, 4) is 6.07 Å². The molecule has 7 heteroatoms. The van der Waals surface area contributed by atoms with Gasteiger partial charge in [-0.15, -0.1) is 0 Å². The predicted octanol–water partition coefficient (Wildman–Crippen LogP) is 2.29. The molecule has 2 aromatic rings. The van der Waals surface area contributed by atoms with E-state index in [2.05, 4.69) is 5.32 Å². The molecule has 0 unspecified atom stereocenters. The highest BCUT2D eigenvalue weighted by Crippen LogP contribution is 2.25. The number of benzene rings is 2. The van der Waals surface area contributed by atoms with E-state index in [0.717, 1.165) is 5.56 Å². The van der Waals surface area contributed by atoms with Crippen molar-refractivity contribution in [2.75, 3.05) is 11.9 Å². The number of hydrogen-bond acceptors (Lipinski definition) is 4. The number of fused-ring (bicyclic) bond motifs is 1. The van der Waals surface area contributed by atoms with Crippen LogP contribution in [0.25, 0.3) is 0 Å². The van der Waals surface area contributed by atoms with Crippen molar-refractivity contribution in [1.82, 2.24) is 4.31 Å². The van der Waals surface area contributed by atoms with E-state index < -0.39 is 15.9 Å². The van der Waals surface area contributed by atoms with E-state index in [9.17, 15) is 13.2 Å². The zero-order valence-corrected chi connectivity index (χ0v) is 14.3. The van der Waals surface area contributed by atoms with E-state index >= 15 is 0 Å². The molecule has 0 aromatic heterocycles. The summed E-state index contributed by atoms with van der Waals surface area (Å²) in [5.41, 5.74) is 2.67. The van der Waals surface area contributed by atoms with Gasteiger partial charge in [0.1, 0.15) is 6.42 Å². The smallest absolute Gasteiger partial charge is 0.243 e. The SMILES string of the molecule is N#CCC(=O)Nc1ccc(S(=O)(=O)N2CCc3ccccc3C2)cc1. The quantitative estimate of drug-likeness (QED) is 0.911. The van der Waals surface area contributed by atoms with Crippen LogP contribution in [0, 0.1) is 11.3 Å². The minimum Gasteiger partial charge on any atom is -0.325 e. The molecule has 3 rings (SSSR count). The van der Waals surface area contributed by atoms with Crippen molar-refractivity contribution in [3.05, 3.63) is 59.7 Å². The monoisotopic (exact) mass is 355 g/mol. The first kappa shape index (κ1) is 17.1. The van der Waals surface area contributed by atoms with Crippen molar-refractivity contribution in [1.29, 1.82) is 5.26 Å².